The Kier molecular flexibility index (Phi) is 4.29. The van der Waals surface area contributed by atoms with Crippen molar-refractivity contribution in [1.29, 1.82) is 0 Å². The topological polar surface area (TPSA) is 70.1 Å². The van der Waals surface area contributed by atoms with Crippen molar-refractivity contribution in [1.82, 2.24) is 4.90 Å². The van der Waals surface area contributed by atoms with Gasteiger partial charge in [-0.15, -0.1) is 0 Å². The van der Waals surface area contributed by atoms with E-state index in [4.69, 9.17) is 9.84 Å². The quantitative estimate of drug-likeness (QED) is 0.904. The fourth-order valence-electron chi connectivity index (χ4n) is 3.05. The van der Waals surface area contributed by atoms with E-state index in [-0.39, 0.29) is 5.91 Å². The predicted molar refractivity (Wildman–Crippen MR) is 81.1 cm³/mol. The number of ether oxygens (including phenoxy) is 1. The Labute approximate surface area is 129 Å². The number of carboxylic acid groups (broad SMARTS) is 1. The third kappa shape index (κ3) is 2.92. The number of benzene rings is 1. The third-order valence-electron chi connectivity index (χ3n) is 4.31. The lowest BCUT2D eigenvalue weighted by atomic mass is 10.1. The number of nitrogens with zero attached hydrogens (tertiary/aromatic N) is 2. The van der Waals surface area contributed by atoms with E-state index in [2.05, 4.69) is 4.90 Å². The Morgan fingerprint density at radius 1 is 1.14 bits per heavy atom. The first kappa shape index (κ1) is 14.8. The van der Waals surface area contributed by atoms with Crippen LogP contribution in [-0.4, -0.2) is 61.3 Å². The highest BCUT2D eigenvalue weighted by molar-refractivity contribution is 6.00. The SMILES string of the molecule is O=C(O)[C@H]1CCN(C(=O)c2ccccc2N2CCOCC2)C1. The fraction of sp³-hybridized carbons (Fsp3) is 0.500. The zero-order valence-electron chi connectivity index (χ0n) is 12.4. The predicted octanol–water partition coefficient (Wildman–Crippen LogP) is 1.07. The number of amides is 1. The number of aliphatic carboxylic acids is 1. The number of hydrogen-bond acceptors (Lipinski definition) is 4. The molecule has 1 amide bonds. The van der Waals surface area contributed by atoms with Gasteiger partial charge in [0.2, 0.25) is 0 Å². The van der Waals surface area contributed by atoms with E-state index < -0.39 is 11.9 Å². The lowest BCUT2D eigenvalue weighted by Gasteiger charge is -2.31. The van der Waals surface area contributed by atoms with Crippen molar-refractivity contribution < 1.29 is 19.4 Å². The minimum absolute atomic E-state index is 0.0779. The maximum atomic E-state index is 12.8. The van der Waals surface area contributed by atoms with Crippen LogP contribution < -0.4 is 4.90 Å². The van der Waals surface area contributed by atoms with E-state index in [9.17, 15) is 9.59 Å². The first-order valence-electron chi connectivity index (χ1n) is 7.60. The molecule has 0 aromatic heterocycles. The molecule has 2 aliphatic heterocycles. The zero-order valence-corrected chi connectivity index (χ0v) is 12.4. The average molecular weight is 304 g/mol. The van der Waals surface area contributed by atoms with Crippen molar-refractivity contribution in [2.75, 3.05) is 44.3 Å². The van der Waals surface area contributed by atoms with Crippen LogP contribution in [-0.2, 0) is 9.53 Å². The van der Waals surface area contributed by atoms with Gasteiger partial charge in [0.15, 0.2) is 0 Å². The molecule has 2 heterocycles. The number of carbonyl (C=O) groups is 2. The van der Waals surface area contributed by atoms with Gasteiger partial charge in [0, 0.05) is 31.9 Å². The summed E-state index contributed by atoms with van der Waals surface area (Å²) in [6.07, 6.45) is 0.529. The van der Waals surface area contributed by atoms with Crippen molar-refractivity contribution in [3.63, 3.8) is 0 Å². The molecule has 0 unspecified atom stereocenters. The summed E-state index contributed by atoms with van der Waals surface area (Å²) >= 11 is 0. The molecule has 1 atom stereocenters. The third-order valence-corrected chi connectivity index (χ3v) is 4.31. The molecule has 118 valence electrons. The standard InChI is InChI=1S/C16H20N2O4/c19-15(18-6-5-12(11-18)16(20)21)13-3-1-2-4-14(13)17-7-9-22-10-8-17/h1-4,12H,5-11H2,(H,20,21)/t12-/m0/s1. The van der Waals surface area contributed by atoms with Gasteiger partial charge in [-0.1, -0.05) is 12.1 Å². The zero-order chi connectivity index (χ0) is 15.5. The molecule has 1 N–H and O–H groups in total. The normalized spacial score (nSPS) is 21.9. The minimum atomic E-state index is -0.822. The molecular formula is C16H20N2O4. The van der Waals surface area contributed by atoms with Crippen LogP contribution in [0.2, 0.25) is 0 Å². The molecule has 0 radical (unpaired) electrons. The summed E-state index contributed by atoms with van der Waals surface area (Å²) in [5.41, 5.74) is 1.56. The first-order valence-corrected chi connectivity index (χ1v) is 7.60. The summed E-state index contributed by atoms with van der Waals surface area (Å²) in [5.74, 6) is -1.35. The number of anilines is 1. The molecule has 6 heteroatoms. The average Bonchev–Trinajstić information content (AvgIpc) is 3.05. The number of rotatable bonds is 3. The molecule has 3 rings (SSSR count). The Morgan fingerprint density at radius 2 is 1.86 bits per heavy atom. The molecule has 0 bridgehead atoms. The maximum Gasteiger partial charge on any atom is 0.308 e. The van der Waals surface area contributed by atoms with Gasteiger partial charge in [0.25, 0.3) is 5.91 Å². The summed E-state index contributed by atoms with van der Waals surface area (Å²) < 4.78 is 5.36. The van der Waals surface area contributed by atoms with E-state index >= 15 is 0 Å². The fourth-order valence-corrected chi connectivity index (χ4v) is 3.05. The van der Waals surface area contributed by atoms with E-state index in [1.807, 2.05) is 24.3 Å². The van der Waals surface area contributed by atoms with Crippen LogP contribution in [0.1, 0.15) is 16.8 Å². The first-order chi connectivity index (χ1) is 10.7. The van der Waals surface area contributed by atoms with Gasteiger partial charge in [0.1, 0.15) is 0 Å². The van der Waals surface area contributed by atoms with Crippen molar-refractivity contribution >= 4 is 17.6 Å². The Bertz CT molecular complexity index is 569. The molecule has 2 saturated heterocycles. The molecule has 0 saturated carbocycles. The number of morpholine rings is 1. The Hall–Kier alpha value is -2.08. The Morgan fingerprint density at radius 3 is 2.55 bits per heavy atom. The van der Waals surface area contributed by atoms with E-state index in [0.717, 1.165) is 18.8 Å². The van der Waals surface area contributed by atoms with Crippen LogP contribution in [0.5, 0.6) is 0 Å². The highest BCUT2D eigenvalue weighted by atomic mass is 16.5. The van der Waals surface area contributed by atoms with Gasteiger partial charge >= 0.3 is 5.97 Å². The van der Waals surface area contributed by atoms with Gasteiger partial charge in [-0.25, -0.2) is 0 Å². The van der Waals surface area contributed by atoms with Crippen LogP contribution in [0.4, 0.5) is 5.69 Å². The van der Waals surface area contributed by atoms with Gasteiger partial charge in [-0.05, 0) is 18.6 Å². The van der Waals surface area contributed by atoms with Crippen molar-refractivity contribution in [2.24, 2.45) is 5.92 Å². The number of likely N-dealkylation sites (tertiary alicyclic amines) is 1. The molecule has 0 spiro atoms. The molecule has 2 aliphatic rings. The summed E-state index contributed by atoms with van der Waals surface area (Å²) in [4.78, 5) is 27.6. The van der Waals surface area contributed by atoms with Crippen LogP contribution in [0.15, 0.2) is 24.3 Å². The highest BCUT2D eigenvalue weighted by Gasteiger charge is 2.32. The summed E-state index contributed by atoms with van der Waals surface area (Å²) in [6, 6.07) is 7.54. The number of hydrogen-bond donors (Lipinski definition) is 1. The molecule has 6 nitrogen and oxygen atoms in total. The van der Waals surface area contributed by atoms with E-state index in [1.165, 1.54) is 0 Å². The molecular weight excluding hydrogens is 284 g/mol. The molecule has 1 aromatic carbocycles. The minimum Gasteiger partial charge on any atom is -0.481 e. The monoisotopic (exact) mass is 304 g/mol. The molecule has 22 heavy (non-hydrogen) atoms. The van der Waals surface area contributed by atoms with Crippen molar-refractivity contribution in [3.05, 3.63) is 29.8 Å². The van der Waals surface area contributed by atoms with Gasteiger partial charge in [0.05, 0.1) is 24.7 Å². The lowest BCUT2D eigenvalue weighted by Crippen LogP contribution is -2.38. The van der Waals surface area contributed by atoms with Crippen molar-refractivity contribution in [2.45, 2.75) is 6.42 Å². The van der Waals surface area contributed by atoms with Crippen LogP contribution in [0, 0.1) is 5.92 Å². The number of carbonyl (C=O) groups excluding carboxylic acids is 1. The smallest absolute Gasteiger partial charge is 0.308 e. The van der Waals surface area contributed by atoms with Crippen LogP contribution in [0.3, 0.4) is 0 Å². The highest BCUT2D eigenvalue weighted by Crippen LogP contribution is 2.25. The van der Waals surface area contributed by atoms with E-state index in [0.29, 0.717) is 38.3 Å². The van der Waals surface area contributed by atoms with Crippen molar-refractivity contribution in [3.8, 4) is 0 Å². The largest absolute Gasteiger partial charge is 0.481 e. The molecule has 2 fully saturated rings. The summed E-state index contributed by atoms with van der Waals surface area (Å²) in [6.45, 7) is 3.66. The second-order valence-corrected chi connectivity index (χ2v) is 5.69. The molecule has 0 aliphatic carbocycles. The second-order valence-electron chi connectivity index (χ2n) is 5.69. The number of carboxylic acids is 1. The van der Waals surface area contributed by atoms with E-state index in [1.54, 1.807) is 4.90 Å². The van der Waals surface area contributed by atoms with Gasteiger partial charge < -0.3 is 19.6 Å². The second kappa shape index (κ2) is 6.36. The van der Waals surface area contributed by atoms with Gasteiger partial charge in [-0.2, -0.15) is 0 Å². The molecule has 1 aromatic rings. The van der Waals surface area contributed by atoms with Gasteiger partial charge in [-0.3, -0.25) is 9.59 Å². The lowest BCUT2D eigenvalue weighted by molar-refractivity contribution is -0.141. The Balaban J connectivity index is 1.79. The summed E-state index contributed by atoms with van der Waals surface area (Å²) in [7, 11) is 0. The van der Waals surface area contributed by atoms with Crippen LogP contribution in [0.25, 0.3) is 0 Å². The summed E-state index contributed by atoms with van der Waals surface area (Å²) in [5, 5.41) is 9.08. The maximum absolute atomic E-state index is 12.8. The van der Waals surface area contributed by atoms with Crippen LogP contribution >= 0.6 is 0 Å². The number of para-hydroxylation sites is 1.